The monoisotopic (exact) mass is 290 g/mol. The van der Waals surface area contributed by atoms with Gasteiger partial charge in [0.2, 0.25) is 0 Å². The number of nitro benzene ring substituents is 1. The zero-order valence-corrected chi connectivity index (χ0v) is 10.6. The van der Waals surface area contributed by atoms with Crippen molar-refractivity contribution in [3.05, 3.63) is 32.3 Å². The van der Waals surface area contributed by atoms with Crippen molar-refractivity contribution in [2.24, 2.45) is 0 Å². The summed E-state index contributed by atoms with van der Waals surface area (Å²) in [6, 6.07) is 1.94. The number of anilines is 1. The van der Waals surface area contributed by atoms with Crippen molar-refractivity contribution in [1.29, 1.82) is 0 Å². The van der Waals surface area contributed by atoms with Gasteiger partial charge in [-0.2, -0.15) is 0 Å². The Kier molecular flexibility index (Phi) is 3.29. The van der Waals surface area contributed by atoms with Gasteiger partial charge in [0.1, 0.15) is 5.02 Å². The number of amides is 2. The van der Waals surface area contributed by atoms with Gasteiger partial charge in [-0.1, -0.05) is 23.2 Å². The van der Waals surface area contributed by atoms with E-state index in [1.54, 1.807) is 6.92 Å². The molecule has 0 aromatic heterocycles. The molecule has 1 heterocycles. The third kappa shape index (κ3) is 2.20. The van der Waals surface area contributed by atoms with E-state index in [0.29, 0.717) is 0 Å². The van der Waals surface area contributed by atoms with Crippen LogP contribution in [0.1, 0.15) is 6.92 Å². The van der Waals surface area contributed by atoms with E-state index < -0.39 is 11.0 Å². The Morgan fingerprint density at radius 2 is 2.06 bits per heavy atom. The highest BCUT2D eigenvalue weighted by Gasteiger charge is 2.30. The molecule has 9 heteroatoms. The number of urea groups is 1. The summed E-state index contributed by atoms with van der Waals surface area (Å²) < 4.78 is 0. The first-order valence-electron chi connectivity index (χ1n) is 4.90. The van der Waals surface area contributed by atoms with Gasteiger partial charge in [0.25, 0.3) is 5.69 Å². The van der Waals surface area contributed by atoms with Gasteiger partial charge in [0.05, 0.1) is 21.8 Å². The third-order valence-corrected chi connectivity index (χ3v) is 2.93. The minimum Gasteiger partial charge on any atom is -0.320 e. The summed E-state index contributed by atoms with van der Waals surface area (Å²) in [7, 11) is 0. The summed E-state index contributed by atoms with van der Waals surface area (Å²) >= 11 is 11.6. The highest BCUT2D eigenvalue weighted by Crippen LogP contribution is 2.36. The lowest BCUT2D eigenvalue weighted by Crippen LogP contribution is -2.36. The number of hydrogen-bond acceptors (Lipinski definition) is 4. The van der Waals surface area contributed by atoms with Crippen LogP contribution in [-0.2, 0) is 0 Å². The molecule has 2 rings (SSSR count). The normalized spacial score (nSPS) is 18.9. The first-order chi connectivity index (χ1) is 8.40. The number of carbonyl (C=O) groups excluding carboxylic acids is 1. The van der Waals surface area contributed by atoms with Crippen molar-refractivity contribution in [3.63, 3.8) is 0 Å². The van der Waals surface area contributed by atoms with Gasteiger partial charge in [-0.15, -0.1) is 0 Å². The largest absolute Gasteiger partial charge is 0.337 e. The lowest BCUT2D eigenvalue weighted by atomic mass is 10.2. The number of hydrogen-bond donors (Lipinski definition) is 2. The Bertz CT molecular complexity index is 537. The average Bonchev–Trinajstić information content (AvgIpc) is 2.57. The lowest BCUT2D eigenvalue weighted by molar-refractivity contribution is -0.384. The van der Waals surface area contributed by atoms with Crippen LogP contribution in [0.3, 0.4) is 0 Å². The first-order valence-corrected chi connectivity index (χ1v) is 5.66. The molecule has 7 nitrogen and oxygen atoms in total. The molecule has 0 saturated carbocycles. The summed E-state index contributed by atoms with van der Waals surface area (Å²) in [6.07, 6.45) is -0.289. The molecule has 0 aliphatic carbocycles. The number of hydrazine groups is 1. The number of carbonyl (C=O) groups is 1. The maximum absolute atomic E-state index is 11.6. The van der Waals surface area contributed by atoms with Crippen molar-refractivity contribution in [3.8, 4) is 0 Å². The number of nitro groups is 1. The molecule has 1 aliphatic heterocycles. The molecule has 18 heavy (non-hydrogen) atoms. The highest BCUT2D eigenvalue weighted by molar-refractivity contribution is 6.38. The van der Waals surface area contributed by atoms with Crippen LogP contribution in [0, 0.1) is 10.1 Å². The molecular weight excluding hydrogens is 283 g/mol. The average molecular weight is 291 g/mol. The van der Waals surface area contributed by atoms with Crippen molar-refractivity contribution >= 4 is 40.6 Å². The fourth-order valence-electron chi connectivity index (χ4n) is 1.55. The van der Waals surface area contributed by atoms with Crippen LogP contribution < -0.4 is 15.8 Å². The van der Waals surface area contributed by atoms with Gasteiger partial charge >= 0.3 is 6.03 Å². The standard InChI is InChI=1S/C9H8Cl2N4O3/c1-4-12-9(16)14(13-4)7-3-8(15(17)18)6(11)2-5(7)10/h2-4,13H,1H3,(H,12,16). The Labute approximate surface area is 112 Å². The maximum atomic E-state index is 11.6. The van der Waals surface area contributed by atoms with Gasteiger partial charge in [0.15, 0.2) is 0 Å². The van der Waals surface area contributed by atoms with Crippen LogP contribution in [0.15, 0.2) is 12.1 Å². The summed E-state index contributed by atoms with van der Waals surface area (Å²) in [5.41, 5.74) is 2.63. The van der Waals surface area contributed by atoms with Crippen molar-refractivity contribution < 1.29 is 9.72 Å². The van der Waals surface area contributed by atoms with E-state index in [4.69, 9.17) is 23.2 Å². The molecule has 1 unspecified atom stereocenters. The molecule has 0 bridgehead atoms. The van der Waals surface area contributed by atoms with Crippen molar-refractivity contribution in [1.82, 2.24) is 10.7 Å². The van der Waals surface area contributed by atoms with E-state index in [1.165, 1.54) is 6.07 Å². The Morgan fingerprint density at radius 1 is 1.39 bits per heavy atom. The smallest absolute Gasteiger partial charge is 0.320 e. The van der Waals surface area contributed by atoms with Crippen LogP contribution in [-0.4, -0.2) is 17.1 Å². The Hall–Kier alpha value is -1.57. The number of rotatable bonds is 2. The molecular formula is C9H8Cl2N4O3. The van der Waals surface area contributed by atoms with Gasteiger partial charge in [-0.05, 0) is 13.0 Å². The molecule has 2 N–H and O–H groups in total. The van der Waals surface area contributed by atoms with Crippen molar-refractivity contribution in [2.45, 2.75) is 13.1 Å². The van der Waals surface area contributed by atoms with Crippen LogP contribution in [0.25, 0.3) is 0 Å². The van der Waals surface area contributed by atoms with E-state index in [9.17, 15) is 14.9 Å². The van der Waals surface area contributed by atoms with Crippen LogP contribution in [0.5, 0.6) is 0 Å². The summed E-state index contributed by atoms with van der Waals surface area (Å²) in [6.45, 7) is 1.72. The predicted octanol–water partition coefficient (Wildman–Crippen LogP) is 2.28. The zero-order valence-electron chi connectivity index (χ0n) is 9.11. The molecule has 2 amide bonds. The molecule has 0 radical (unpaired) electrons. The second kappa shape index (κ2) is 4.60. The number of nitrogens with one attached hydrogen (secondary N) is 2. The second-order valence-corrected chi connectivity index (χ2v) is 4.46. The fourth-order valence-corrected chi connectivity index (χ4v) is 2.09. The number of halogens is 2. The van der Waals surface area contributed by atoms with Crippen molar-refractivity contribution in [2.75, 3.05) is 5.01 Å². The van der Waals surface area contributed by atoms with Gasteiger partial charge < -0.3 is 5.32 Å². The molecule has 0 spiro atoms. The predicted molar refractivity (Wildman–Crippen MR) is 66.7 cm³/mol. The minimum atomic E-state index is -0.639. The van der Waals surface area contributed by atoms with Gasteiger partial charge in [-0.3, -0.25) is 10.1 Å². The number of benzene rings is 1. The maximum Gasteiger partial charge on any atom is 0.337 e. The van der Waals surface area contributed by atoms with Crippen LogP contribution >= 0.6 is 23.2 Å². The number of nitrogens with zero attached hydrogens (tertiary/aromatic N) is 2. The highest BCUT2D eigenvalue weighted by atomic mass is 35.5. The van der Waals surface area contributed by atoms with E-state index in [1.807, 2.05) is 0 Å². The minimum absolute atomic E-state index is 0.0820. The van der Waals surface area contributed by atoms with Crippen LogP contribution in [0.4, 0.5) is 16.2 Å². The van der Waals surface area contributed by atoms with Crippen LogP contribution in [0.2, 0.25) is 10.0 Å². The third-order valence-electron chi connectivity index (χ3n) is 2.32. The molecule has 96 valence electrons. The van der Waals surface area contributed by atoms with Gasteiger partial charge in [-0.25, -0.2) is 15.2 Å². The first kappa shape index (κ1) is 12.9. The van der Waals surface area contributed by atoms with E-state index in [2.05, 4.69) is 10.7 Å². The quantitative estimate of drug-likeness (QED) is 0.646. The van der Waals surface area contributed by atoms with E-state index in [0.717, 1.165) is 11.1 Å². The Morgan fingerprint density at radius 3 is 2.56 bits per heavy atom. The zero-order chi connectivity index (χ0) is 13.4. The topological polar surface area (TPSA) is 87.5 Å². The fraction of sp³-hybridized carbons (Fsp3) is 0.222. The molecule has 1 aromatic carbocycles. The molecule has 1 atom stereocenters. The summed E-state index contributed by atoms with van der Waals surface area (Å²) in [5.74, 6) is 0. The molecule has 1 aromatic rings. The molecule has 1 saturated heterocycles. The summed E-state index contributed by atoms with van der Waals surface area (Å²) in [4.78, 5) is 21.7. The van der Waals surface area contributed by atoms with E-state index >= 15 is 0 Å². The molecule has 1 fully saturated rings. The molecule has 1 aliphatic rings. The second-order valence-electron chi connectivity index (χ2n) is 3.65. The Balaban J connectivity index is 2.48. The summed E-state index contributed by atoms with van der Waals surface area (Å²) in [5, 5.41) is 14.5. The van der Waals surface area contributed by atoms with E-state index in [-0.39, 0.29) is 27.6 Å². The van der Waals surface area contributed by atoms with Gasteiger partial charge in [0, 0.05) is 6.07 Å². The lowest BCUT2D eigenvalue weighted by Gasteiger charge is -2.16. The SMILES string of the molecule is CC1NC(=O)N(c2cc([N+](=O)[O-])c(Cl)cc2Cl)N1.